The molecule has 12 heavy (non-hydrogen) atoms. The van der Waals surface area contributed by atoms with Gasteiger partial charge in [0.15, 0.2) is 0 Å². The van der Waals surface area contributed by atoms with Crippen molar-refractivity contribution in [3.8, 4) is 0 Å². The molecule has 2 amide bonds. The molecular weight excluding hydrogens is 172 g/mol. The van der Waals surface area contributed by atoms with Crippen LogP contribution in [0.1, 0.15) is 20.3 Å². The molecule has 5 heteroatoms. The normalized spacial score (nSPS) is 10.2. The van der Waals surface area contributed by atoms with Gasteiger partial charge in [-0.2, -0.15) is 0 Å². The van der Waals surface area contributed by atoms with Gasteiger partial charge in [-0.1, -0.05) is 6.04 Å². The van der Waals surface area contributed by atoms with E-state index < -0.39 is 0 Å². The van der Waals surface area contributed by atoms with Crippen LogP contribution in [0.5, 0.6) is 0 Å². The number of carbonyl (C=O) groups excluding carboxylic acids is 1. The van der Waals surface area contributed by atoms with E-state index in [-0.39, 0.29) is 12.1 Å². The molecule has 0 aliphatic heterocycles. The van der Waals surface area contributed by atoms with Crippen LogP contribution in [0.3, 0.4) is 0 Å². The number of hydrogen-bond acceptors (Lipinski definition) is 2. The second kappa shape index (κ2) is 7.12. The van der Waals surface area contributed by atoms with Gasteiger partial charge in [-0.3, -0.25) is 4.84 Å². The summed E-state index contributed by atoms with van der Waals surface area (Å²) in [4.78, 5) is 15.8. The summed E-state index contributed by atoms with van der Waals surface area (Å²) < 4.78 is 0. The van der Waals surface area contributed by atoms with Gasteiger partial charge in [0.25, 0.3) is 0 Å². The van der Waals surface area contributed by atoms with Gasteiger partial charge in [0, 0.05) is 16.8 Å². The molecule has 0 radical (unpaired) electrons. The Hall–Kier alpha value is -0.553. The lowest BCUT2D eigenvalue weighted by Gasteiger charge is -2.09. The molecule has 0 saturated heterocycles. The van der Waals surface area contributed by atoms with Crippen molar-refractivity contribution in [2.24, 2.45) is 0 Å². The Morgan fingerprint density at radius 3 is 2.75 bits per heavy atom. The first-order valence-corrected chi connectivity index (χ1v) is 5.77. The molecule has 0 aliphatic rings. The quantitative estimate of drug-likeness (QED) is 0.358. The molecule has 0 atom stereocenters. The summed E-state index contributed by atoms with van der Waals surface area (Å²) in [5, 5.41) is 2.69. The van der Waals surface area contributed by atoms with E-state index in [0.29, 0.717) is 0 Å². The van der Waals surface area contributed by atoms with E-state index in [9.17, 15) is 4.79 Å². The van der Waals surface area contributed by atoms with Crippen molar-refractivity contribution in [1.29, 1.82) is 0 Å². The van der Waals surface area contributed by atoms with E-state index in [4.69, 9.17) is 4.84 Å². The highest BCUT2D eigenvalue weighted by molar-refractivity contribution is 6.08. The van der Waals surface area contributed by atoms with Gasteiger partial charge in [-0.25, -0.2) is 10.3 Å². The molecule has 0 bridgehead atoms. The maximum atomic E-state index is 10.9. The molecule has 0 aromatic heterocycles. The number of nitrogens with one attached hydrogen (secondary N) is 2. The third-order valence-electron chi connectivity index (χ3n) is 1.20. The predicted octanol–water partition coefficient (Wildman–Crippen LogP) is -0.201. The maximum absolute atomic E-state index is 10.9. The highest BCUT2D eigenvalue weighted by Gasteiger charge is 1.99. The molecule has 0 aromatic carbocycles. The summed E-state index contributed by atoms with van der Waals surface area (Å²) in [6.07, 6.45) is 1.08. The molecule has 0 heterocycles. The van der Waals surface area contributed by atoms with Crippen molar-refractivity contribution in [1.82, 2.24) is 10.8 Å². The molecule has 0 fully saturated rings. The fourth-order valence-corrected chi connectivity index (χ4v) is 0.940. The van der Waals surface area contributed by atoms with E-state index >= 15 is 0 Å². The second-order valence-corrected chi connectivity index (χ2v) is 3.88. The van der Waals surface area contributed by atoms with Crippen LogP contribution < -0.4 is 10.8 Å². The van der Waals surface area contributed by atoms with Crippen molar-refractivity contribution in [2.75, 3.05) is 6.54 Å². The number of urea groups is 1. The first kappa shape index (κ1) is 11.4. The minimum Gasteiger partial charge on any atom is -0.336 e. The average Bonchev–Trinajstić information content (AvgIpc) is 2.01. The number of rotatable bonds is 5. The Kier molecular flexibility index (Phi) is 6.79. The Balaban J connectivity index is 3.22. The van der Waals surface area contributed by atoms with Crippen LogP contribution in [0.4, 0.5) is 4.79 Å². The third-order valence-corrected chi connectivity index (χ3v) is 1.91. The Bertz CT molecular complexity index is 131. The number of carbonyl (C=O) groups is 1. The molecule has 0 spiro atoms. The zero-order valence-electron chi connectivity index (χ0n) is 8.02. The second-order valence-electron chi connectivity index (χ2n) is 2.88. The third kappa shape index (κ3) is 7.55. The molecular formula is C7H18N2O2Si. The molecule has 0 aromatic rings. The zero-order valence-corrected chi connectivity index (χ0v) is 10.0. The number of amides is 2. The summed E-state index contributed by atoms with van der Waals surface area (Å²) in [7, 11) is 1.20. The zero-order chi connectivity index (χ0) is 9.40. The lowest BCUT2D eigenvalue weighted by atomic mass is 10.5. The smallest absolute Gasteiger partial charge is 0.336 e. The van der Waals surface area contributed by atoms with Gasteiger partial charge in [-0.15, -0.1) is 0 Å². The van der Waals surface area contributed by atoms with Crippen LogP contribution in [0.2, 0.25) is 6.04 Å². The van der Waals surface area contributed by atoms with Crippen LogP contribution in [0.15, 0.2) is 0 Å². The summed E-state index contributed by atoms with van der Waals surface area (Å²) in [6, 6.07) is 0.963. The summed E-state index contributed by atoms with van der Waals surface area (Å²) in [5.74, 6) is 0. The van der Waals surface area contributed by atoms with Crippen LogP contribution >= 0.6 is 0 Å². The monoisotopic (exact) mass is 190 g/mol. The Morgan fingerprint density at radius 2 is 2.25 bits per heavy atom. The molecule has 0 saturated carbocycles. The number of hydroxylamine groups is 1. The standard InChI is InChI=1S/C7H18N2O2Si/c1-6(2)11-9-7(10)8-4-3-5-12/h6H,3-5H2,1-2,12H3,(H2,8,9,10). The van der Waals surface area contributed by atoms with Crippen LogP contribution in [-0.2, 0) is 4.84 Å². The summed E-state index contributed by atoms with van der Waals surface area (Å²) in [5.41, 5.74) is 2.30. The summed E-state index contributed by atoms with van der Waals surface area (Å²) in [6.45, 7) is 4.45. The van der Waals surface area contributed by atoms with E-state index in [0.717, 1.165) is 13.0 Å². The fraction of sp³-hybridized carbons (Fsp3) is 0.857. The first-order chi connectivity index (χ1) is 5.66. The van der Waals surface area contributed by atoms with Gasteiger partial charge in [-0.05, 0) is 20.3 Å². The van der Waals surface area contributed by atoms with Gasteiger partial charge >= 0.3 is 6.03 Å². The Labute approximate surface area is 76.4 Å². The molecule has 0 rings (SSSR count). The van der Waals surface area contributed by atoms with E-state index in [1.165, 1.54) is 16.3 Å². The molecule has 72 valence electrons. The lowest BCUT2D eigenvalue weighted by Crippen LogP contribution is -2.37. The average molecular weight is 190 g/mol. The molecule has 4 nitrogen and oxygen atoms in total. The van der Waals surface area contributed by atoms with Crippen LogP contribution in [0.25, 0.3) is 0 Å². The fourth-order valence-electron chi connectivity index (χ4n) is 0.586. The molecule has 2 N–H and O–H groups in total. The SMILES string of the molecule is CC(C)ONC(=O)NCCC[SiH3]. The largest absolute Gasteiger partial charge is 0.338 e. The van der Waals surface area contributed by atoms with E-state index in [2.05, 4.69) is 10.8 Å². The van der Waals surface area contributed by atoms with Crippen LogP contribution in [-0.4, -0.2) is 28.9 Å². The lowest BCUT2D eigenvalue weighted by molar-refractivity contribution is 0.0164. The van der Waals surface area contributed by atoms with Gasteiger partial charge in [0.1, 0.15) is 0 Å². The maximum Gasteiger partial charge on any atom is 0.338 e. The minimum absolute atomic E-state index is 0.0225. The molecule has 0 aliphatic carbocycles. The highest BCUT2D eigenvalue weighted by Crippen LogP contribution is 1.83. The number of hydrogen-bond donors (Lipinski definition) is 2. The summed E-state index contributed by atoms with van der Waals surface area (Å²) >= 11 is 0. The minimum atomic E-state index is -0.251. The van der Waals surface area contributed by atoms with E-state index in [1.54, 1.807) is 0 Å². The predicted molar refractivity (Wildman–Crippen MR) is 52.1 cm³/mol. The topological polar surface area (TPSA) is 50.4 Å². The van der Waals surface area contributed by atoms with Crippen LogP contribution in [0, 0.1) is 0 Å². The molecule has 0 unspecified atom stereocenters. The van der Waals surface area contributed by atoms with Crippen molar-refractivity contribution in [3.05, 3.63) is 0 Å². The van der Waals surface area contributed by atoms with Gasteiger partial charge in [0.05, 0.1) is 6.10 Å². The van der Waals surface area contributed by atoms with Crippen molar-refractivity contribution >= 4 is 16.3 Å². The van der Waals surface area contributed by atoms with Crippen molar-refractivity contribution in [2.45, 2.75) is 32.4 Å². The van der Waals surface area contributed by atoms with Gasteiger partial charge < -0.3 is 5.32 Å². The Morgan fingerprint density at radius 1 is 1.58 bits per heavy atom. The van der Waals surface area contributed by atoms with E-state index in [1.807, 2.05) is 13.8 Å². The first-order valence-electron chi connectivity index (χ1n) is 4.36. The van der Waals surface area contributed by atoms with Gasteiger partial charge in [0.2, 0.25) is 0 Å². The van der Waals surface area contributed by atoms with Crippen molar-refractivity contribution < 1.29 is 9.63 Å². The highest BCUT2D eigenvalue weighted by atomic mass is 28.1. The van der Waals surface area contributed by atoms with Crippen molar-refractivity contribution in [3.63, 3.8) is 0 Å².